The van der Waals surface area contributed by atoms with Gasteiger partial charge in [-0.25, -0.2) is 4.79 Å². The molecule has 0 spiro atoms. The van der Waals surface area contributed by atoms with Crippen LogP contribution in [-0.4, -0.2) is 30.4 Å². The van der Waals surface area contributed by atoms with E-state index in [0.29, 0.717) is 6.54 Å². The van der Waals surface area contributed by atoms with Gasteiger partial charge in [0, 0.05) is 18.3 Å². The molecule has 0 aliphatic carbocycles. The van der Waals surface area contributed by atoms with Gasteiger partial charge in [0.2, 0.25) is 0 Å². The van der Waals surface area contributed by atoms with Gasteiger partial charge < -0.3 is 9.84 Å². The summed E-state index contributed by atoms with van der Waals surface area (Å²) in [4.78, 5) is 16.3. The molecule has 2 aromatic rings. The minimum Gasteiger partial charge on any atom is -0.506 e. The summed E-state index contributed by atoms with van der Waals surface area (Å²) in [5, 5.41) is 10.5. The second-order valence-corrected chi connectivity index (χ2v) is 6.50. The van der Waals surface area contributed by atoms with Crippen molar-refractivity contribution in [3.05, 3.63) is 76.9 Å². The first-order valence-electron chi connectivity index (χ1n) is 9.65. The van der Waals surface area contributed by atoms with Gasteiger partial charge in [0.15, 0.2) is 0 Å². The second kappa shape index (κ2) is 11.2. The summed E-state index contributed by atoms with van der Waals surface area (Å²) in [6.07, 6.45) is -1.13. The average molecular weight is 419 g/mol. The van der Waals surface area contributed by atoms with Crippen LogP contribution in [0.25, 0.3) is 5.76 Å². The molecular weight excluding hydrogens is 395 g/mol. The SMILES string of the molecule is CCOC(=O)C(C=NCCCCc1ccccc1)=C(O)c1ccccc1C(F)(F)F. The van der Waals surface area contributed by atoms with Crippen LogP contribution in [0.5, 0.6) is 0 Å². The van der Waals surface area contributed by atoms with Crippen molar-refractivity contribution in [2.45, 2.75) is 32.4 Å². The number of aryl methyl sites for hydroxylation is 1. The van der Waals surface area contributed by atoms with E-state index < -0.39 is 34.6 Å². The van der Waals surface area contributed by atoms with Gasteiger partial charge >= 0.3 is 12.1 Å². The third kappa shape index (κ3) is 6.76. The minimum atomic E-state index is -4.68. The summed E-state index contributed by atoms with van der Waals surface area (Å²) in [5.74, 6) is -1.74. The lowest BCUT2D eigenvalue weighted by Crippen LogP contribution is -2.14. The Morgan fingerprint density at radius 3 is 2.40 bits per heavy atom. The molecule has 0 bridgehead atoms. The number of hydrogen-bond acceptors (Lipinski definition) is 4. The number of aliphatic hydroxyl groups is 1. The molecular formula is C23H24F3NO3. The van der Waals surface area contributed by atoms with Gasteiger partial charge in [-0.05, 0) is 37.8 Å². The van der Waals surface area contributed by atoms with E-state index in [4.69, 9.17) is 4.74 Å². The first kappa shape index (κ1) is 23.2. The number of benzene rings is 2. The molecule has 0 aliphatic heterocycles. The summed E-state index contributed by atoms with van der Waals surface area (Å²) < 4.78 is 44.7. The Hall–Kier alpha value is -3.09. The number of rotatable bonds is 9. The highest BCUT2D eigenvalue weighted by Crippen LogP contribution is 2.35. The lowest BCUT2D eigenvalue weighted by molar-refractivity contribution is -0.139. The molecule has 7 heteroatoms. The van der Waals surface area contributed by atoms with Crippen LogP contribution in [-0.2, 0) is 22.1 Å². The summed E-state index contributed by atoms with van der Waals surface area (Å²) in [6, 6.07) is 14.4. The molecule has 4 nitrogen and oxygen atoms in total. The van der Waals surface area contributed by atoms with Crippen molar-refractivity contribution in [2.24, 2.45) is 4.99 Å². The van der Waals surface area contributed by atoms with Gasteiger partial charge in [-0.3, -0.25) is 4.99 Å². The quantitative estimate of drug-likeness (QED) is 0.188. The fourth-order valence-corrected chi connectivity index (χ4v) is 2.83. The summed E-state index contributed by atoms with van der Waals surface area (Å²) >= 11 is 0. The first-order chi connectivity index (χ1) is 14.3. The van der Waals surface area contributed by atoms with Gasteiger partial charge in [0.25, 0.3) is 0 Å². The van der Waals surface area contributed by atoms with Gasteiger partial charge in [-0.1, -0.05) is 48.5 Å². The summed E-state index contributed by atoms with van der Waals surface area (Å²) in [5.41, 5.74) is -0.740. The van der Waals surface area contributed by atoms with Gasteiger partial charge in [0.1, 0.15) is 11.3 Å². The van der Waals surface area contributed by atoms with E-state index in [-0.39, 0.29) is 6.61 Å². The number of esters is 1. The minimum absolute atomic E-state index is 0.0153. The smallest absolute Gasteiger partial charge is 0.417 e. The topological polar surface area (TPSA) is 58.9 Å². The van der Waals surface area contributed by atoms with Crippen molar-refractivity contribution in [1.29, 1.82) is 0 Å². The zero-order valence-corrected chi connectivity index (χ0v) is 16.7. The van der Waals surface area contributed by atoms with Crippen molar-refractivity contribution in [1.82, 2.24) is 0 Å². The maximum Gasteiger partial charge on any atom is 0.417 e. The Morgan fingerprint density at radius 2 is 1.73 bits per heavy atom. The van der Waals surface area contributed by atoms with Gasteiger partial charge in [-0.2, -0.15) is 13.2 Å². The Balaban J connectivity index is 2.15. The molecule has 0 unspecified atom stereocenters. The van der Waals surface area contributed by atoms with E-state index in [9.17, 15) is 23.1 Å². The first-order valence-corrected chi connectivity index (χ1v) is 9.65. The lowest BCUT2D eigenvalue weighted by Gasteiger charge is -2.13. The molecule has 0 atom stereocenters. The van der Waals surface area contributed by atoms with Crippen molar-refractivity contribution in [2.75, 3.05) is 13.2 Å². The molecule has 160 valence electrons. The standard InChI is InChI=1S/C23H24F3NO3/c1-2-30-22(29)19(16-27-15-9-8-12-17-10-4-3-5-11-17)21(28)18-13-6-7-14-20(18)23(24,25)26/h3-7,10-11,13-14,16,28H,2,8-9,12,15H2,1H3. The predicted molar refractivity (Wildman–Crippen MR) is 110 cm³/mol. The Kier molecular flexibility index (Phi) is 8.65. The van der Waals surface area contributed by atoms with Crippen LogP contribution >= 0.6 is 0 Å². The van der Waals surface area contributed by atoms with Crippen LogP contribution in [0, 0.1) is 0 Å². The van der Waals surface area contributed by atoms with Crippen LogP contribution in [0.2, 0.25) is 0 Å². The highest BCUT2D eigenvalue weighted by atomic mass is 19.4. The van der Waals surface area contributed by atoms with Gasteiger partial charge in [0.05, 0.1) is 12.2 Å². The van der Waals surface area contributed by atoms with Crippen LogP contribution in [0.4, 0.5) is 13.2 Å². The molecule has 0 aliphatic rings. The van der Waals surface area contributed by atoms with Crippen LogP contribution in [0.3, 0.4) is 0 Å². The van der Waals surface area contributed by atoms with E-state index in [1.807, 2.05) is 30.3 Å². The molecule has 2 aromatic carbocycles. The summed E-state index contributed by atoms with van der Waals surface area (Å²) in [7, 11) is 0. The molecule has 0 saturated heterocycles. The highest BCUT2D eigenvalue weighted by molar-refractivity contribution is 6.15. The Labute approximate surface area is 173 Å². The zero-order valence-electron chi connectivity index (χ0n) is 16.7. The Bertz CT molecular complexity index is 890. The van der Waals surface area contributed by atoms with Crippen molar-refractivity contribution >= 4 is 17.9 Å². The number of nitrogens with zero attached hydrogens (tertiary/aromatic N) is 1. The number of aliphatic hydroxyl groups excluding tert-OH is 1. The van der Waals surface area contributed by atoms with Crippen molar-refractivity contribution in [3.63, 3.8) is 0 Å². The molecule has 0 radical (unpaired) electrons. The lowest BCUT2D eigenvalue weighted by atomic mass is 10.0. The van der Waals surface area contributed by atoms with Crippen LogP contribution in [0.1, 0.15) is 36.5 Å². The van der Waals surface area contributed by atoms with Crippen molar-refractivity contribution in [3.8, 4) is 0 Å². The molecule has 2 rings (SSSR count). The summed E-state index contributed by atoms with van der Waals surface area (Å²) in [6.45, 7) is 1.95. The Morgan fingerprint density at radius 1 is 1.07 bits per heavy atom. The normalized spacial score (nSPS) is 12.7. The number of carbonyl (C=O) groups excluding carboxylic acids is 1. The molecule has 0 aromatic heterocycles. The third-order valence-corrected chi connectivity index (χ3v) is 4.30. The van der Waals surface area contributed by atoms with Gasteiger partial charge in [-0.15, -0.1) is 0 Å². The monoisotopic (exact) mass is 419 g/mol. The second-order valence-electron chi connectivity index (χ2n) is 6.50. The largest absolute Gasteiger partial charge is 0.506 e. The molecule has 1 N–H and O–H groups in total. The average Bonchev–Trinajstić information content (AvgIpc) is 2.73. The van der Waals surface area contributed by atoms with E-state index in [2.05, 4.69) is 4.99 Å². The maximum atomic E-state index is 13.3. The fraction of sp³-hybridized carbons (Fsp3) is 0.304. The number of halogens is 3. The van der Waals surface area contributed by atoms with E-state index >= 15 is 0 Å². The highest BCUT2D eigenvalue weighted by Gasteiger charge is 2.34. The van der Waals surface area contributed by atoms with Crippen LogP contribution in [0.15, 0.2) is 65.2 Å². The number of hydrogen-bond donors (Lipinski definition) is 1. The van der Waals surface area contributed by atoms with Crippen molar-refractivity contribution < 1.29 is 27.8 Å². The van der Waals surface area contributed by atoms with Crippen LogP contribution < -0.4 is 0 Å². The maximum absolute atomic E-state index is 13.3. The third-order valence-electron chi connectivity index (χ3n) is 4.30. The van der Waals surface area contributed by atoms with E-state index in [1.54, 1.807) is 6.92 Å². The van der Waals surface area contributed by atoms with E-state index in [1.165, 1.54) is 17.7 Å². The fourth-order valence-electron chi connectivity index (χ4n) is 2.83. The zero-order chi connectivity index (χ0) is 22.0. The number of ether oxygens (including phenoxy) is 1. The number of unbranched alkanes of at least 4 members (excludes halogenated alkanes) is 1. The molecule has 30 heavy (non-hydrogen) atoms. The predicted octanol–water partition coefficient (Wildman–Crippen LogP) is 5.63. The number of alkyl halides is 3. The number of aliphatic imine (C=N–C) groups is 1. The molecule has 0 amide bonds. The molecule has 0 saturated carbocycles. The van der Waals surface area contributed by atoms with E-state index in [0.717, 1.165) is 37.6 Å². The molecule has 0 fully saturated rings. The molecule has 0 heterocycles. The number of carbonyl (C=O) groups is 1.